The van der Waals surface area contributed by atoms with Crippen molar-refractivity contribution in [1.29, 1.82) is 0 Å². The van der Waals surface area contributed by atoms with Crippen LogP contribution in [0.5, 0.6) is 0 Å². The second-order valence-electron chi connectivity index (χ2n) is 7.93. The van der Waals surface area contributed by atoms with E-state index in [1.165, 1.54) is 11.8 Å². The molecular formula is C27H22N4O2S. The van der Waals surface area contributed by atoms with Crippen LogP contribution < -0.4 is 4.90 Å². The van der Waals surface area contributed by atoms with Crippen LogP contribution in [0.4, 0.5) is 5.69 Å². The Labute approximate surface area is 202 Å². The number of ketones is 1. The van der Waals surface area contributed by atoms with Crippen LogP contribution in [0.25, 0.3) is 22.5 Å². The highest BCUT2D eigenvalue weighted by Crippen LogP contribution is 2.30. The molecule has 168 valence electrons. The molecule has 0 unspecified atom stereocenters. The number of nitrogens with zero attached hydrogens (tertiary/aromatic N) is 4. The van der Waals surface area contributed by atoms with Crippen LogP contribution >= 0.6 is 11.8 Å². The molecule has 0 bridgehead atoms. The highest BCUT2D eigenvalue weighted by molar-refractivity contribution is 7.99. The van der Waals surface area contributed by atoms with Gasteiger partial charge in [0.05, 0.1) is 5.75 Å². The van der Waals surface area contributed by atoms with Gasteiger partial charge in [-0.2, -0.15) is 0 Å². The lowest BCUT2D eigenvalue weighted by Crippen LogP contribution is -2.23. The third kappa shape index (κ3) is 4.75. The van der Waals surface area contributed by atoms with E-state index in [0.29, 0.717) is 22.8 Å². The monoisotopic (exact) mass is 466 g/mol. The summed E-state index contributed by atoms with van der Waals surface area (Å²) in [5.41, 5.74) is 4.75. The molecule has 0 atom stereocenters. The van der Waals surface area contributed by atoms with Gasteiger partial charge in [0.2, 0.25) is 11.1 Å². The molecule has 1 fully saturated rings. The lowest BCUT2D eigenvalue weighted by atomic mass is 10.0. The van der Waals surface area contributed by atoms with E-state index in [-0.39, 0.29) is 17.4 Å². The Morgan fingerprint density at radius 1 is 0.824 bits per heavy atom. The summed E-state index contributed by atoms with van der Waals surface area (Å²) in [6, 6.07) is 26.9. The van der Waals surface area contributed by atoms with Crippen molar-refractivity contribution in [2.45, 2.75) is 18.0 Å². The van der Waals surface area contributed by atoms with Crippen molar-refractivity contribution in [2.24, 2.45) is 0 Å². The summed E-state index contributed by atoms with van der Waals surface area (Å²) >= 11 is 1.27. The average molecular weight is 467 g/mol. The van der Waals surface area contributed by atoms with Gasteiger partial charge in [0.15, 0.2) is 5.78 Å². The summed E-state index contributed by atoms with van der Waals surface area (Å²) in [7, 11) is 0. The maximum atomic E-state index is 12.8. The number of amides is 1. The predicted molar refractivity (Wildman–Crippen MR) is 134 cm³/mol. The summed E-state index contributed by atoms with van der Waals surface area (Å²) < 4.78 is 0. The Hall–Kier alpha value is -3.84. The predicted octanol–water partition coefficient (Wildman–Crippen LogP) is 5.31. The first kappa shape index (κ1) is 22.0. The number of benzene rings is 3. The highest BCUT2D eigenvalue weighted by atomic mass is 32.2. The maximum Gasteiger partial charge on any atom is 0.227 e. The molecule has 0 aliphatic carbocycles. The third-order valence-electron chi connectivity index (χ3n) is 5.67. The SMILES string of the molecule is O=C(CSc1nnc(-c2ccccc2)c(-c2ccccc2)n1)c1ccc(N2CCCC2=O)cc1. The van der Waals surface area contributed by atoms with Crippen molar-refractivity contribution in [3.05, 3.63) is 90.5 Å². The molecule has 2 heterocycles. The van der Waals surface area contributed by atoms with Gasteiger partial charge in [-0.1, -0.05) is 72.4 Å². The Morgan fingerprint density at radius 2 is 1.47 bits per heavy atom. The van der Waals surface area contributed by atoms with Crippen LogP contribution in [0.2, 0.25) is 0 Å². The van der Waals surface area contributed by atoms with Crippen molar-refractivity contribution >= 4 is 29.1 Å². The molecule has 0 spiro atoms. The van der Waals surface area contributed by atoms with Crippen LogP contribution in [0.1, 0.15) is 23.2 Å². The average Bonchev–Trinajstić information content (AvgIpc) is 3.34. The summed E-state index contributed by atoms with van der Waals surface area (Å²) in [5, 5.41) is 9.19. The number of carbonyl (C=O) groups is 2. The maximum absolute atomic E-state index is 12.8. The first-order valence-corrected chi connectivity index (χ1v) is 12.1. The molecule has 1 saturated heterocycles. The Balaban J connectivity index is 1.33. The van der Waals surface area contributed by atoms with Gasteiger partial charge in [0.25, 0.3) is 0 Å². The molecule has 0 saturated carbocycles. The van der Waals surface area contributed by atoms with Crippen molar-refractivity contribution in [1.82, 2.24) is 15.2 Å². The lowest BCUT2D eigenvalue weighted by molar-refractivity contribution is -0.117. The molecule has 3 aromatic carbocycles. The molecule has 1 aliphatic rings. The molecule has 0 radical (unpaired) electrons. The zero-order chi connectivity index (χ0) is 23.3. The topological polar surface area (TPSA) is 76.1 Å². The standard InChI is InChI=1S/C27H22N4O2S/c32-23(19-13-15-22(16-14-19)31-17-7-12-24(31)33)18-34-27-28-25(20-8-3-1-4-9-20)26(29-30-27)21-10-5-2-6-11-21/h1-6,8-11,13-16H,7,12,17-18H2. The third-order valence-corrected chi connectivity index (χ3v) is 6.51. The smallest absolute Gasteiger partial charge is 0.227 e. The molecule has 1 aliphatic heterocycles. The van der Waals surface area contributed by atoms with Gasteiger partial charge < -0.3 is 4.90 Å². The Morgan fingerprint density at radius 3 is 2.09 bits per heavy atom. The quantitative estimate of drug-likeness (QED) is 0.271. The molecule has 6 nitrogen and oxygen atoms in total. The van der Waals surface area contributed by atoms with Crippen LogP contribution in [0.15, 0.2) is 90.1 Å². The van der Waals surface area contributed by atoms with Crippen molar-refractivity contribution in [3.8, 4) is 22.5 Å². The highest BCUT2D eigenvalue weighted by Gasteiger charge is 2.22. The first-order chi connectivity index (χ1) is 16.7. The number of anilines is 1. The van der Waals surface area contributed by atoms with E-state index in [1.807, 2.05) is 72.8 Å². The first-order valence-electron chi connectivity index (χ1n) is 11.1. The van der Waals surface area contributed by atoms with Gasteiger partial charge in [-0.05, 0) is 30.7 Å². The minimum Gasteiger partial charge on any atom is -0.312 e. The number of hydrogen-bond donors (Lipinski definition) is 0. The van der Waals surface area contributed by atoms with Crippen molar-refractivity contribution in [3.63, 3.8) is 0 Å². The Bertz CT molecular complexity index is 1310. The van der Waals surface area contributed by atoms with Gasteiger partial charge in [-0.3, -0.25) is 9.59 Å². The molecule has 34 heavy (non-hydrogen) atoms. The summed E-state index contributed by atoms with van der Waals surface area (Å²) in [6.45, 7) is 0.731. The van der Waals surface area contributed by atoms with Gasteiger partial charge >= 0.3 is 0 Å². The molecular weight excluding hydrogens is 444 g/mol. The van der Waals surface area contributed by atoms with E-state index in [1.54, 1.807) is 17.0 Å². The molecule has 1 amide bonds. The van der Waals surface area contributed by atoms with Crippen molar-refractivity contribution in [2.75, 3.05) is 17.2 Å². The van der Waals surface area contributed by atoms with Crippen molar-refractivity contribution < 1.29 is 9.59 Å². The summed E-state index contributed by atoms with van der Waals surface area (Å²) in [5.74, 6) is 0.302. The number of thioether (sulfide) groups is 1. The number of rotatable bonds is 7. The van der Waals surface area contributed by atoms with E-state index >= 15 is 0 Å². The van der Waals surface area contributed by atoms with Gasteiger partial charge in [0.1, 0.15) is 11.4 Å². The lowest BCUT2D eigenvalue weighted by Gasteiger charge is -2.15. The zero-order valence-corrected chi connectivity index (χ0v) is 19.2. The minimum atomic E-state index is -0.0266. The van der Waals surface area contributed by atoms with Gasteiger partial charge in [0, 0.05) is 35.3 Å². The molecule has 4 aromatic rings. The van der Waals surface area contributed by atoms with E-state index in [4.69, 9.17) is 4.98 Å². The fourth-order valence-corrected chi connectivity index (χ4v) is 4.60. The van der Waals surface area contributed by atoms with Crippen LogP contribution in [0.3, 0.4) is 0 Å². The number of carbonyl (C=O) groups excluding carboxylic acids is 2. The fourth-order valence-electron chi connectivity index (χ4n) is 3.92. The van der Waals surface area contributed by atoms with E-state index in [9.17, 15) is 9.59 Å². The normalized spacial score (nSPS) is 13.3. The second kappa shape index (κ2) is 9.97. The number of aromatic nitrogens is 3. The molecule has 1 aromatic heterocycles. The number of Topliss-reactive ketones (excluding diaryl/α,β-unsaturated/α-hetero) is 1. The number of hydrogen-bond acceptors (Lipinski definition) is 6. The minimum absolute atomic E-state index is 0.0266. The van der Waals surface area contributed by atoms with Crippen LogP contribution in [-0.2, 0) is 4.79 Å². The second-order valence-corrected chi connectivity index (χ2v) is 8.87. The summed E-state index contributed by atoms with van der Waals surface area (Å²) in [4.78, 5) is 31.2. The van der Waals surface area contributed by atoms with E-state index in [0.717, 1.165) is 35.5 Å². The molecule has 5 rings (SSSR count). The van der Waals surface area contributed by atoms with E-state index in [2.05, 4.69) is 10.2 Å². The molecule has 0 N–H and O–H groups in total. The largest absolute Gasteiger partial charge is 0.312 e. The van der Waals surface area contributed by atoms with Gasteiger partial charge in [-0.25, -0.2) is 4.98 Å². The van der Waals surface area contributed by atoms with Crippen LogP contribution in [0, 0.1) is 0 Å². The van der Waals surface area contributed by atoms with Crippen LogP contribution in [-0.4, -0.2) is 39.2 Å². The zero-order valence-electron chi connectivity index (χ0n) is 18.4. The van der Waals surface area contributed by atoms with E-state index < -0.39 is 0 Å². The Kier molecular flexibility index (Phi) is 6.44. The van der Waals surface area contributed by atoms with Gasteiger partial charge in [-0.15, -0.1) is 10.2 Å². The fraction of sp³-hybridized carbons (Fsp3) is 0.148. The molecule has 7 heteroatoms. The summed E-state index contributed by atoms with van der Waals surface area (Å²) in [6.07, 6.45) is 1.46.